The SMILES string of the molecule is C/C=C/CCNC(=O)CCCC(=O)O. The highest BCUT2D eigenvalue weighted by Gasteiger charge is 2.02. The van der Waals surface area contributed by atoms with Gasteiger partial charge in [0.15, 0.2) is 0 Å². The predicted molar refractivity (Wildman–Crippen MR) is 53.9 cm³/mol. The van der Waals surface area contributed by atoms with E-state index in [1.807, 2.05) is 19.1 Å². The summed E-state index contributed by atoms with van der Waals surface area (Å²) in [6.45, 7) is 2.55. The van der Waals surface area contributed by atoms with E-state index >= 15 is 0 Å². The first-order chi connectivity index (χ1) is 6.66. The summed E-state index contributed by atoms with van der Waals surface area (Å²) in [7, 11) is 0. The third-order valence-corrected chi connectivity index (χ3v) is 1.66. The Hall–Kier alpha value is -1.32. The van der Waals surface area contributed by atoms with Gasteiger partial charge in [-0.25, -0.2) is 0 Å². The van der Waals surface area contributed by atoms with Gasteiger partial charge < -0.3 is 10.4 Å². The number of allylic oxidation sites excluding steroid dienone is 1. The Balaban J connectivity index is 3.32. The van der Waals surface area contributed by atoms with Crippen molar-refractivity contribution in [2.24, 2.45) is 0 Å². The van der Waals surface area contributed by atoms with Crippen molar-refractivity contribution in [2.45, 2.75) is 32.6 Å². The number of carboxylic acids is 1. The largest absolute Gasteiger partial charge is 0.481 e. The van der Waals surface area contributed by atoms with Crippen LogP contribution in [0.3, 0.4) is 0 Å². The average Bonchev–Trinajstić information content (AvgIpc) is 2.12. The topological polar surface area (TPSA) is 66.4 Å². The smallest absolute Gasteiger partial charge is 0.303 e. The maximum absolute atomic E-state index is 11.1. The fourth-order valence-corrected chi connectivity index (χ4v) is 0.950. The van der Waals surface area contributed by atoms with Crippen LogP contribution in [0, 0.1) is 0 Å². The Kier molecular flexibility index (Phi) is 7.50. The first-order valence-electron chi connectivity index (χ1n) is 4.76. The summed E-state index contributed by atoms with van der Waals surface area (Å²) in [4.78, 5) is 21.2. The number of amides is 1. The Morgan fingerprint density at radius 3 is 2.64 bits per heavy atom. The number of carbonyl (C=O) groups excluding carboxylic acids is 1. The number of rotatable bonds is 7. The molecule has 4 nitrogen and oxygen atoms in total. The van der Waals surface area contributed by atoms with Crippen molar-refractivity contribution in [3.63, 3.8) is 0 Å². The number of carbonyl (C=O) groups is 2. The first-order valence-corrected chi connectivity index (χ1v) is 4.76. The summed E-state index contributed by atoms with van der Waals surface area (Å²) < 4.78 is 0. The van der Waals surface area contributed by atoms with Crippen LogP contribution < -0.4 is 5.32 Å². The third kappa shape index (κ3) is 8.77. The highest BCUT2D eigenvalue weighted by Crippen LogP contribution is 1.94. The molecule has 80 valence electrons. The van der Waals surface area contributed by atoms with Crippen LogP contribution in [-0.2, 0) is 9.59 Å². The van der Waals surface area contributed by atoms with Gasteiger partial charge in [0, 0.05) is 19.4 Å². The van der Waals surface area contributed by atoms with Crippen molar-refractivity contribution in [1.29, 1.82) is 0 Å². The molecule has 0 saturated heterocycles. The van der Waals surface area contributed by atoms with E-state index in [4.69, 9.17) is 5.11 Å². The van der Waals surface area contributed by atoms with Gasteiger partial charge in [0.2, 0.25) is 5.91 Å². The Morgan fingerprint density at radius 2 is 2.07 bits per heavy atom. The van der Waals surface area contributed by atoms with E-state index < -0.39 is 5.97 Å². The Labute approximate surface area is 84.0 Å². The molecule has 0 unspecified atom stereocenters. The van der Waals surface area contributed by atoms with Gasteiger partial charge in [-0.3, -0.25) is 9.59 Å². The van der Waals surface area contributed by atoms with Crippen molar-refractivity contribution in [3.8, 4) is 0 Å². The molecule has 4 heteroatoms. The van der Waals surface area contributed by atoms with Crippen molar-refractivity contribution in [2.75, 3.05) is 6.54 Å². The lowest BCUT2D eigenvalue weighted by Crippen LogP contribution is -2.23. The molecule has 0 spiro atoms. The lowest BCUT2D eigenvalue weighted by Gasteiger charge is -2.01. The third-order valence-electron chi connectivity index (χ3n) is 1.66. The maximum atomic E-state index is 11.1. The van der Waals surface area contributed by atoms with Crippen LogP contribution >= 0.6 is 0 Å². The van der Waals surface area contributed by atoms with Crippen LogP contribution in [0.15, 0.2) is 12.2 Å². The normalized spacial score (nSPS) is 10.4. The molecular formula is C10H17NO3. The number of aliphatic carboxylic acids is 1. The monoisotopic (exact) mass is 199 g/mol. The summed E-state index contributed by atoms with van der Waals surface area (Å²) >= 11 is 0. The highest BCUT2D eigenvalue weighted by atomic mass is 16.4. The van der Waals surface area contributed by atoms with Gasteiger partial charge in [-0.2, -0.15) is 0 Å². The molecule has 0 aliphatic rings. The lowest BCUT2D eigenvalue weighted by atomic mass is 10.2. The zero-order valence-corrected chi connectivity index (χ0v) is 8.45. The van der Waals surface area contributed by atoms with E-state index in [2.05, 4.69) is 5.32 Å². The summed E-state index contributed by atoms with van der Waals surface area (Å²) in [5.74, 6) is -0.928. The van der Waals surface area contributed by atoms with Gasteiger partial charge in [-0.15, -0.1) is 0 Å². The quantitative estimate of drug-likeness (QED) is 0.480. The van der Waals surface area contributed by atoms with Gasteiger partial charge in [0.25, 0.3) is 0 Å². The average molecular weight is 199 g/mol. The zero-order chi connectivity index (χ0) is 10.8. The highest BCUT2D eigenvalue weighted by molar-refractivity contribution is 5.76. The van der Waals surface area contributed by atoms with Crippen LogP contribution in [0.5, 0.6) is 0 Å². The van der Waals surface area contributed by atoms with E-state index in [9.17, 15) is 9.59 Å². The molecule has 0 fully saturated rings. The van der Waals surface area contributed by atoms with Crippen molar-refractivity contribution in [1.82, 2.24) is 5.32 Å². The molecule has 0 aliphatic heterocycles. The van der Waals surface area contributed by atoms with E-state index in [-0.39, 0.29) is 12.3 Å². The van der Waals surface area contributed by atoms with Gasteiger partial charge in [-0.05, 0) is 19.8 Å². The molecule has 0 bridgehead atoms. The second-order valence-corrected chi connectivity index (χ2v) is 2.95. The molecule has 14 heavy (non-hydrogen) atoms. The van der Waals surface area contributed by atoms with Crippen LogP contribution in [0.4, 0.5) is 0 Å². The Bertz CT molecular complexity index is 211. The fourth-order valence-electron chi connectivity index (χ4n) is 0.950. The molecule has 1 amide bonds. The van der Waals surface area contributed by atoms with Gasteiger partial charge >= 0.3 is 5.97 Å². The van der Waals surface area contributed by atoms with Crippen LogP contribution in [0.25, 0.3) is 0 Å². The molecule has 0 radical (unpaired) electrons. The van der Waals surface area contributed by atoms with E-state index in [0.717, 1.165) is 6.42 Å². The number of carboxylic acid groups (broad SMARTS) is 1. The van der Waals surface area contributed by atoms with Crippen LogP contribution in [0.1, 0.15) is 32.6 Å². The summed E-state index contributed by atoms with van der Waals surface area (Å²) in [6.07, 6.45) is 5.48. The van der Waals surface area contributed by atoms with Crippen molar-refractivity contribution in [3.05, 3.63) is 12.2 Å². The molecule has 2 N–H and O–H groups in total. The minimum Gasteiger partial charge on any atom is -0.481 e. The molecule has 0 aromatic rings. The second kappa shape index (κ2) is 8.29. The van der Waals surface area contributed by atoms with Gasteiger partial charge in [-0.1, -0.05) is 12.2 Å². The number of hydrogen-bond acceptors (Lipinski definition) is 2. The number of hydrogen-bond donors (Lipinski definition) is 2. The Morgan fingerprint density at radius 1 is 1.36 bits per heavy atom. The minimum atomic E-state index is -0.855. The second-order valence-electron chi connectivity index (χ2n) is 2.95. The van der Waals surface area contributed by atoms with E-state index in [1.54, 1.807) is 0 Å². The van der Waals surface area contributed by atoms with Gasteiger partial charge in [0.1, 0.15) is 0 Å². The predicted octanol–water partition coefficient (Wildman–Crippen LogP) is 1.32. The van der Waals surface area contributed by atoms with Crippen molar-refractivity contribution < 1.29 is 14.7 Å². The van der Waals surface area contributed by atoms with Gasteiger partial charge in [0.05, 0.1) is 0 Å². The lowest BCUT2D eigenvalue weighted by molar-refractivity contribution is -0.137. The molecule has 0 aliphatic carbocycles. The summed E-state index contributed by atoms with van der Waals surface area (Å²) in [6, 6.07) is 0. The van der Waals surface area contributed by atoms with Crippen LogP contribution in [0.2, 0.25) is 0 Å². The molecule has 0 rings (SSSR count). The summed E-state index contributed by atoms with van der Waals surface area (Å²) in [5, 5.41) is 11.0. The minimum absolute atomic E-state index is 0.0578. The molecular weight excluding hydrogens is 182 g/mol. The van der Waals surface area contributed by atoms with E-state index in [0.29, 0.717) is 19.4 Å². The molecule has 0 heterocycles. The molecule has 0 atom stereocenters. The molecule has 0 aromatic carbocycles. The summed E-state index contributed by atoms with van der Waals surface area (Å²) in [5.41, 5.74) is 0. The zero-order valence-electron chi connectivity index (χ0n) is 8.45. The fraction of sp³-hybridized carbons (Fsp3) is 0.600. The number of nitrogens with one attached hydrogen (secondary N) is 1. The molecule has 0 aromatic heterocycles. The van der Waals surface area contributed by atoms with E-state index in [1.165, 1.54) is 0 Å². The maximum Gasteiger partial charge on any atom is 0.303 e. The standard InChI is InChI=1S/C10H17NO3/c1-2-3-4-8-11-9(12)6-5-7-10(13)14/h2-3H,4-8H2,1H3,(H,11,12)(H,13,14)/b3-2+. The van der Waals surface area contributed by atoms with Crippen LogP contribution in [-0.4, -0.2) is 23.5 Å². The first kappa shape index (κ1) is 12.7. The molecule has 0 saturated carbocycles. The van der Waals surface area contributed by atoms with Crippen molar-refractivity contribution >= 4 is 11.9 Å².